The van der Waals surface area contributed by atoms with Gasteiger partial charge in [-0.05, 0) is 80.6 Å². The third kappa shape index (κ3) is 3.93. The van der Waals surface area contributed by atoms with Gasteiger partial charge in [0, 0.05) is 16.9 Å². The average Bonchev–Trinajstić information content (AvgIpc) is 2.88. The van der Waals surface area contributed by atoms with Crippen molar-refractivity contribution in [3.8, 4) is 0 Å². The Morgan fingerprint density at radius 2 is 2.18 bits per heavy atom. The molecule has 1 unspecified atom stereocenters. The number of nitrogens with zero attached hydrogens (tertiary/aromatic N) is 2. The Hall–Kier alpha value is -2.31. The van der Waals surface area contributed by atoms with Crippen molar-refractivity contribution in [3.05, 3.63) is 64.5 Å². The maximum Gasteiger partial charge on any atom is 0.264 e. The number of rotatable bonds is 4. The molecule has 0 bridgehead atoms. The topological polar surface area (TPSA) is 45.2 Å². The lowest BCUT2D eigenvalue weighted by atomic mass is 10.1. The van der Waals surface area contributed by atoms with E-state index < -0.39 is 0 Å². The van der Waals surface area contributed by atoms with Gasteiger partial charge in [-0.25, -0.2) is 4.39 Å². The van der Waals surface area contributed by atoms with Crippen molar-refractivity contribution >= 4 is 27.3 Å². The summed E-state index contributed by atoms with van der Waals surface area (Å²) >= 11 is 1.45. The van der Waals surface area contributed by atoms with E-state index >= 15 is 0 Å². The van der Waals surface area contributed by atoms with Gasteiger partial charge in [0.1, 0.15) is 5.82 Å². The van der Waals surface area contributed by atoms with Crippen molar-refractivity contribution in [1.29, 1.82) is 0 Å². The van der Waals surface area contributed by atoms with Crippen LogP contribution in [0.25, 0.3) is 10.1 Å². The maximum atomic E-state index is 13.7. The normalized spacial score (nSPS) is 17.4. The van der Waals surface area contributed by atoms with E-state index in [4.69, 9.17) is 0 Å². The molecule has 6 heteroatoms. The van der Waals surface area contributed by atoms with E-state index in [0.29, 0.717) is 11.4 Å². The third-order valence-corrected chi connectivity index (χ3v) is 6.66. The monoisotopic (exact) mass is 397 g/mol. The van der Waals surface area contributed by atoms with E-state index in [1.54, 1.807) is 12.3 Å². The number of aromatic nitrogens is 1. The number of thiophene rings is 1. The van der Waals surface area contributed by atoms with Gasteiger partial charge in [0.2, 0.25) is 0 Å². The number of hydrogen-bond acceptors (Lipinski definition) is 4. The van der Waals surface area contributed by atoms with Crippen LogP contribution in [0, 0.1) is 12.7 Å². The van der Waals surface area contributed by atoms with Crippen LogP contribution in [0.5, 0.6) is 0 Å². The standard InChI is InChI=1S/C22H24FN3OS/c1-15-19-13-16(23)7-8-20(19)28-21(15)22(27)26(14-17-5-2-3-11-25-17)18-6-4-10-24-12-9-18/h2-3,5,7-8,11,13,18,24H,4,6,9-10,12,14H2,1H3. The van der Waals surface area contributed by atoms with Crippen LogP contribution in [0.15, 0.2) is 42.6 Å². The van der Waals surface area contributed by atoms with E-state index in [1.807, 2.05) is 30.0 Å². The molecule has 1 saturated heterocycles. The zero-order chi connectivity index (χ0) is 19.5. The SMILES string of the molecule is Cc1c(C(=O)N(Cc2ccccn2)C2CCCNCC2)sc2ccc(F)cc12. The lowest BCUT2D eigenvalue weighted by molar-refractivity contribution is 0.0647. The smallest absolute Gasteiger partial charge is 0.264 e. The second-order valence-electron chi connectivity index (χ2n) is 7.29. The lowest BCUT2D eigenvalue weighted by Crippen LogP contribution is -2.40. The average molecular weight is 398 g/mol. The van der Waals surface area contributed by atoms with Crippen molar-refractivity contribution in [1.82, 2.24) is 15.2 Å². The van der Waals surface area contributed by atoms with Crippen LogP contribution in [0.4, 0.5) is 4.39 Å². The first-order valence-electron chi connectivity index (χ1n) is 9.74. The highest BCUT2D eigenvalue weighted by Crippen LogP contribution is 2.33. The summed E-state index contributed by atoms with van der Waals surface area (Å²) in [4.78, 5) is 20.7. The van der Waals surface area contributed by atoms with Gasteiger partial charge in [0.05, 0.1) is 17.1 Å². The third-order valence-electron chi connectivity index (χ3n) is 5.40. The minimum atomic E-state index is -0.271. The van der Waals surface area contributed by atoms with Crippen molar-refractivity contribution in [2.24, 2.45) is 0 Å². The fraction of sp³-hybridized carbons (Fsp3) is 0.364. The van der Waals surface area contributed by atoms with Crippen LogP contribution >= 0.6 is 11.3 Å². The van der Waals surface area contributed by atoms with E-state index in [0.717, 1.165) is 53.7 Å². The van der Waals surface area contributed by atoms with Gasteiger partial charge in [-0.15, -0.1) is 11.3 Å². The van der Waals surface area contributed by atoms with Gasteiger partial charge >= 0.3 is 0 Å². The molecule has 0 saturated carbocycles. The Balaban J connectivity index is 1.70. The summed E-state index contributed by atoms with van der Waals surface area (Å²) in [5.41, 5.74) is 1.75. The molecule has 4 rings (SSSR count). The Morgan fingerprint density at radius 1 is 1.29 bits per heavy atom. The molecule has 0 aliphatic carbocycles. The Labute approximate surface area is 168 Å². The maximum absolute atomic E-state index is 13.7. The largest absolute Gasteiger partial charge is 0.329 e. The van der Waals surface area contributed by atoms with Crippen molar-refractivity contribution in [2.45, 2.75) is 38.8 Å². The van der Waals surface area contributed by atoms with Crippen LogP contribution in [-0.2, 0) is 6.54 Å². The molecule has 1 aliphatic heterocycles. The number of aryl methyl sites for hydroxylation is 1. The second-order valence-corrected chi connectivity index (χ2v) is 8.34. The van der Waals surface area contributed by atoms with E-state index in [9.17, 15) is 9.18 Å². The van der Waals surface area contributed by atoms with Crippen LogP contribution in [-0.4, -0.2) is 34.9 Å². The predicted octanol–water partition coefficient (Wildman–Crippen LogP) is 4.53. The van der Waals surface area contributed by atoms with Crippen LogP contribution < -0.4 is 5.32 Å². The summed E-state index contributed by atoms with van der Waals surface area (Å²) in [7, 11) is 0. The number of nitrogens with one attached hydrogen (secondary N) is 1. The Bertz CT molecular complexity index is 965. The van der Waals surface area contributed by atoms with E-state index in [1.165, 1.54) is 23.5 Å². The molecular formula is C22H24FN3OS. The minimum Gasteiger partial charge on any atom is -0.329 e. The lowest BCUT2D eigenvalue weighted by Gasteiger charge is -2.31. The molecule has 0 spiro atoms. The van der Waals surface area contributed by atoms with Gasteiger partial charge < -0.3 is 10.2 Å². The summed E-state index contributed by atoms with van der Waals surface area (Å²) in [5, 5.41) is 4.25. The van der Waals surface area contributed by atoms with Gasteiger partial charge in [0.25, 0.3) is 5.91 Å². The van der Waals surface area contributed by atoms with Crippen molar-refractivity contribution in [2.75, 3.05) is 13.1 Å². The van der Waals surface area contributed by atoms with E-state index in [-0.39, 0.29) is 17.8 Å². The zero-order valence-corrected chi connectivity index (χ0v) is 16.8. The molecule has 1 aromatic carbocycles. The van der Waals surface area contributed by atoms with Crippen molar-refractivity contribution < 1.29 is 9.18 Å². The van der Waals surface area contributed by atoms with Gasteiger partial charge in [-0.2, -0.15) is 0 Å². The van der Waals surface area contributed by atoms with Crippen molar-refractivity contribution in [3.63, 3.8) is 0 Å². The van der Waals surface area contributed by atoms with Crippen LogP contribution in [0.3, 0.4) is 0 Å². The first kappa shape index (κ1) is 19.0. The van der Waals surface area contributed by atoms with Gasteiger partial charge in [0.15, 0.2) is 0 Å². The molecule has 2 aromatic heterocycles. The molecule has 146 valence electrons. The second kappa shape index (κ2) is 8.37. The number of hydrogen-bond donors (Lipinski definition) is 1. The minimum absolute atomic E-state index is 0.0247. The molecule has 0 radical (unpaired) electrons. The number of benzene rings is 1. The Morgan fingerprint density at radius 3 is 3.00 bits per heavy atom. The summed E-state index contributed by atoms with van der Waals surface area (Å²) in [6, 6.07) is 10.7. The molecular weight excluding hydrogens is 373 g/mol. The molecule has 28 heavy (non-hydrogen) atoms. The molecule has 1 aliphatic rings. The summed E-state index contributed by atoms with van der Waals surface area (Å²) in [6.45, 7) is 4.31. The Kier molecular flexibility index (Phi) is 5.69. The molecule has 3 aromatic rings. The zero-order valence-electron chi connectivity index (χ0n) is 16.0. The first-order chi connectivity index (χ1) is 13.6. The highest BCUT2D eigenvalue weighted by atomic mass is 32.1. The molecule has 1 amide bonds. The fourth-order valence-corrected chi connectivity index (χ4v) is 5.02. The molecule has 4 nitrogen and oxygen atoms in total. The number of amides is 1. The molecule has 1 N–H and O–H groups in total. The number of carbonyl (C=O) groups excluding carboxylic acids is 1. The fourth-order valence-electron chi connectivity index (χ4n) is 3.87. The number of fused-ring (bicyclic) bond motifs is 1. The highest BCUT2D eigenvalue weighted by Gasteiger charge is 2.28. The van der Waals surface area contributed by atoms with Crippen LogP contribution in [0.2, 0.25) is 0 Å². The number of carbonyl (C=O) groups is 1. The van der Waals surface area contributed by atoms with E-state index in [2.05, 4.69) is 10.3 Å². The number of halogens is 1. The summed E-state index contributed by atoms with van der Waals surface area (Å²) in [6.07, 6.45) is 4.72. The van der Waals surface area contributed by atoms with Gasteiger partial charge in [-0.1, -0.05) is 6.07 Å². The number of pyridine rings is 1. The predicted molar refractivity (Wildman–Crippen MR) is 111 cm³/mol. The molecule has 1 atom stereocenters. The molecule has 1 fully saturated rings. The summed E-state index contributed by atoms with van der Waals surface area (Å²) < 4.78 is 14.6. The van der Waals surface area contributed by atoms with Crippen LogP contribution in [0.1, 0.15) is 40.2 Å². The summed E-state index contributed by atoms with van der Waals surface area (Å²) in [5.74, 6) is -0.246. The quantitative estimate of drug-likeness (QED) is 0.704. The molecule has 3 heterocycles. The van der Waals surface area contributed by atoms with Gasteiger partial charge in [-0.3, -0.25) is 9.78 Å². The first-order valence-corrected chi connectivity index (χ1v) is 10.6. The highest BCUT2D eigenvalue weighted by molar-refractivity contribution is 7.21.